The molecule has 0 aromatic heterocycles. The largest absolute Gasteiger partial charge is 0.344 e. The van der Waals surface area contributed by atoms with Crippen LogP contribution in [0.2, 0.25) is 0 Å². The average molecular weight is 161 g/mol. The van der Waals surface area contributed by atoms with E-state index in [9.17, 15) is 0 Å². The number of carbonyl (C=O) groups is 1. The Labute approximate surface area is 52.0 Å². The second-order valence-electron chi connectivity index (χ2n) is 0.448. The third-order valence-electron chi connectivity index (χ3n) is 0. The van der Waals surface area contributed by atoms with Crippen LogP contribution >= 0.6 is 0 Å². The summed E-state index contributed by atoms with van der Waals surface area (Å²) < 4.78 is 24.0. The van der Waals surface area contributed by atoms with Gasteiger partial charge in [0.2, 0.25) is 0 Å². The minimum absolute atomic E-state index is 0. The van der Waals surface area contributed by atoms with E-state index in [0.717, 1.165) is 0 Å². The first kappa shape index (κ1) is 15.7. The summed E-state index contributed by atoms with van der Waals surface area (Å²) in [6.07, 6.45) is 0. The SMILES string of the molecule is C=O.N.O=S(O)(O)=S. The highest BCUT2D eigenvalue weighted by Crippen LogP contribution is 1.62. The summed E-state index contributed by atoms with van der Waals surface area (Å²) >= 11 is 3.47. The summed E-state index contributed by atoms with van der Waals surface area (Å²) in [5.74, 6) is 0. The first-order valence-corrected chi connectivity index (χ1v) is 3.38. The second kappa shape index (κ2) is 6.92. The number of hydrogen-bond donors (Lipinski definition) is 3. The topological polar surface area (TPSA) is 110 Å². The van der Waals surface area contributed by atoms with Crippen LogP contribution in [0.3, 0.4) is 0 Å². The molecule has 0 heterocycles. The van der Waals surface area contributed by atoms with E-state index in [4.69, 9.17) is 18.1 Å². The fourth-order valence-corrected chi connectivity index (χ4v) is 0. The fourth-order valence-electron chi connectivity index (χ4n) is 0. The van der Waals surface area contributed by atoms with Gasteiger partial charge in [0.1, 0.15) is 6.79 Å². The van der Waals surface area contributed by atoms with Gasteiger partial charge in [-0.3, -0.25) is 9.11 Å². The van der Waals surface area contributed by atoms with E-state index >= 15 is 0 Å². The smallest absolute Gasteiger partial charge is 0.263 e. The molecular weight excluding hydrogens is 154 g/mol. The number of carbonyl (C=O) groups excluding carboxylic acids is 1. The van der Waals surface area contributed by atoms with E-state index in [1.807, 2.05) is 6.79 Å². The van der Waals surface area contributed by atoms with Crippen molar-refractivity contribution < 1.29 is 18.1 Å². The van der Waals surface area contributed by atoms with Crippen LogP contribution < -0.4 is 6.15 Å². The molecule has 5 nitrogen and oxygen atoms in total. The van der Waals surface area contributed by atoms with Gasteiger partial charge in [-0.1, -0.05) is 0 Å². The maximum absolute atomic E-state index is 9.11. The molecule has 0 aliphatic rings. The van der Waals surface area contributed by atoms with Crippen molar-refractivity contribution in [3.63, 3.8) is 0 Å². The molecule has 0 aromatic carbocycles. The van der Waals surface area contributed by atoms with Gasteiger partial charge in [-0.05, 0) is 0 Å². The van der Waals surface area contributed by atoms with Crippen molar-refractivity contribution >= 4 is 27.0 Å². The lowest BCUT2D eigenvalue weighted by Crippen LogP contribution is -1.86. The van der Waals surface area contributed by atoms with Gasteiger partial charge >= 0.3 is 0 Å². The zero-order valence-corrected chi connectivity index (χ0v) is 5.57. The van der Waals surface area contributed by atoms with Crippen LogP contribution in [0.25, 0.3) is 0 Å². The van der Waals surface area contributed by atoms with E-state index in [2.05, 4.69) is 11.2 Å². The molecular formula is CH7NO4S2. The molecule has 0 rings (SSSR count). The van der Waals surface area contributed by atoms with Gasteiger partial charge in [0, 0.05) is 11.2 Å². The molecule has 0 aromatic rings. The Morgan fingerprint density at radius 3 is 1.38 bits per heavy atom. The summed E-state index contributed by atoms with van der Waals surface area (Å²) in [5.41, 5.74) is 0. The van der Waals surface area contributed by atoms with Gasteiger partial charge in [-0.15, -0.1) is 0 Å². The first-order chi connectivity index (χ1) is 3.00. The highest BCUT2D eigenvalue weighted by molar-refractivity contribution is 8.26. The van der Waals surface area contributed by atoms with Gasteiger partial charge in [0.25, 0.3) is 9.05 Å². The third kappa shape index (κ3) is 22400. The van der Waals surface area contributed by atoms with Crippen molar-refractivity contribution in [1.29, 1.82) is 0 Å². The fraction of sp³-hybridized carbons (Fsp3) is 0. The lowest BCUT2D eigenvalue weighted by molar-refractivity contribution is -0.0979. The summed E-state index contributed by atoms with van der Waals surface area (Å²) in [6.45, 7) is 2.00. The molecule has 0 amide bonds. The van der Waals surface area contributed by atoms with Crippen molar-refractivity contribution in [2.24, 2.45) is 0 Å². The molecule has 0 aliphatic carbocycles. The van der Waals surface area contributed by atoms with Gasteiger partial charge in [0.15, 0.2) is 0 Å². The van der Waals surface area contributed by atoms with Crippen LogP contribution in [-0.4, -0.2) is 20.1 Å². The monoisotopic (exact) mass is 161 g/mol. The van der Waals surface area contributed by atoms with Crippen LogP contribution in [-0.2, 0) is 25.0 Å². The molecule has 0 bridgehead atoms. The molecule has 0 radical (unpaired) electrons. The Balaban J connectivity index is -0.0000000750. The lowest BCUT2D eigenvalue weighted by atomic mass is 11.9. The van der Waals surface area contributed by atoms with Crippen LogP contribution in [0.5, 0.6) is 0 Å². The van der Waals surface area contributed by atoms with Crippen LogP contribution in [0.1, 0.15) is 0 Å². The first-order valence-electron chi connectivity index (χ1n) is 0.987. The Morgan fingerprint density at radius 2 is 1.38 bits per heavy atom. The van der Waals surface area contributed by atoms with E-state index in [1.54, 1.807) is 0 Å². The standard InChI is InChI=1S/CH2O.H3N.H2O3S2/c1-2;;1-5(2,3)4/h1H2;1H3;(H2,1,2,3,4). The molecule has 7 heteroatoms. The normalized spacial score (nSPS) is 7.75. The maximum atomic E-state index is 9.11. The summed E-state index contributed by atoms with van der Waals surface area (Å²) in [6, 6.07) is 0. The highest BCUT2D eigenvalue weighted by Gasteiger charge is 1.78. The van der Waals surface area contributed by atoms with E-state index in [-0.39, 0.29) is 6.15 Å². The van der Waals surface area contributed by atoms with Crippen molar-refractivity contribution in [2.45, 2.75) is 0 Å². The Bertz CT molecular complexity index is 108. The molecule has 5 N–H and O–H groups in total. The average Bonchev–Trinajstić information content (AvgIpc) is 1.36. The Hall–Kier alpha value is -0.0800. The summed E-state index contributed by atoms with van der Waals surface area (Å²) in [5, 5.41) is 0. The van der Waals surface area contributed by atoms with Gasteiger partial charge < -0.3 is 10.9 Å². The molecule has 0 aliphatic heterocycles. The van der Waals surface area contributed by atoms with Crippen molar-refractivity contribution in [3.8, 4) is 0 Å². The van der Waals surface area contributed by atoms with E-state index < -0.39 is 9.05 Å². The quantitative estimate of drug-likeness (QED) is 0.448. The molecule has 52 valence electrons. The van der Waals surface area contributed by atoms with E-state index in [1.165, 1.54) is 0 Å². The molecule has 0 atom stereocenters. The molecule has 0 spiro atoms. The molecule has 0 saturated carbocycles. The number of hydrogen-bond acceptors (Lipinski definition) is 4. The summed E-state index contributed by atoms with van der Waals surface area (Å²) in [7, 11) is -3.83. The van der Waals surface area contributed by atoms with Gasteiger partial charge in [-0.25, -0.2) is 0 Å². The maximum Gasteiger partial charge on any atom is 0.263 e. The minimum Gasteiger partial charge on any atom is -0.344 e. The van der Waals surface area contributed by atoms with Crippen molar-refractivity contribution in [1.82, 2.24) is 6.15 Å². The number of rotatable bonds is 0. The van der Waals surface area contributed by atoms with Crippen molar-refractivity contribution in [2.75, 3.05) is 0 Å². The second-order valence-corrected chi connectivity index (χ2v) is 2.65. The molecule has 0 unspecified atom stereocenters. The molecule has 8 heavy (non-hydrogen) atoms. The van der Waals surface area contributed by atoms with E-state index in [0.29, 0.717) is 0 Å². The lowest BCUT2D eigenvalue weighted by Gasteiger charge is -1.73. The Kier molecular flexibility index (Phi) is 13.6. The predicted molar refractivity (Wildman–Crippen MR) is 32.9 cm³/mol. The highest BCUT2D eigenvalue weighted by atomic mass is 32.9. The summed E-state index contributed by atoms with van der Waals surface area (Å²) in [4.78, 5) is 8.00. The zero-order valence-electron chi connectivity index (χ0n) is 3.94. The van der Waals surface area contributed by atoms with Crippen LogP contribution in [0.4, 0.5) is 0 Å². The van der Waals surface area contributed by atoms with Gasteiger partial charge in [-0.2, -0.15) is 4.21 Å². The van der Waals surface area contributed by atoms with Gasteiger partial charge in [0.05, 0.1) is 0 Å². The minimum atomic E-state index is -3.83. The Morgan fingerprint density at radius 1 is 1.38 bits per heavy atom. The molecule has 0 saturated heterocycles. The van der Waals surface area contributed by atoms with Crippen LogP contribution in [0.15, 0.2) is 0 Å². The molecule has 0 fully saturated rings. The predicted octanol–water partition coefficient (Wildman–Crippen LogP) is -0.344. The van der Waals surface area contributed by atoms with Crippen molar-refractivity contribution in [3.05, 3.63) is 0 Å². The third-order valence-corrected chi connectivity index (χ3v) is 0. The zero-order chi connectivity index (χ0) is 6.50. The van der Waals surface area contributed by atoms with Crippen LogP contribution in [0, 0.1) is 0 Å².